The fourth-order valence-electron chi connectivity index (χ4n) is 2.66. The molecule has 0 saturated carbocycles. The molecule has 0 aliphatic carbocycles. The van der Waals surface area contributed by atoms with E-state index in [2.05, 4.69) is 4.98 Å². The molecular formula is C18H21N3O2. The van der Waals surface area contributed by atoms with Crippen molar-refractivity contribution in [3.05, 3.63) is 42.1 Å². The summed E-state index contributed by atoms with van der Waals surface area (Å²) in [6.45, 7) is 6.59. The standard InChI is InChI=1S/C18H21N3O2/c1-18(2,3)23-17(22)21-9-8-13(11-21)16-14-7-5-4-6-12(14)10-15(19)20-16/h4-8,10H,9,11H2,1-3H3,(H2,19,20). The molecule has 0 fully saturated rings. The number of hydrogen-bond donors (Lipinski definition) is 1. The van der Waals surface area contributed by atoms with E-state index in [-0.39, 0.29) is 6.09 Å². The Morgan fingerprint density at radius 1 is 1.30 bits per heavy atom. The number of rotatable bonds is 1. The van der Waals surface area contributed by atoms with Crippen molar-refractivity contribution in [3.63, 3.8) is 0 Å². The molecule has 2 aromatic rings. The van der Waals surface area contributed by atoms with Gasteiger partial charge in [-0.3, -0.25) is 0 Å². The highest BCUT2D eigenvalue weighted by atomic mass is 16.6. The predicted molar refractivity (Wildman–Crippen MR) is 91.9 cm³/mol. The number of fused-ring (bicyclic) bond motifs is 1. The van der Waals surface area contributed by atoms with E-state index in [1.54, 1.807) is 4.90 Å². The first-order chi connectivity index (χ1) is 10.8. The van der Waals surface area contributed by atoms with Crippen LogP contribution in [-0.2, 0) is 4.74 Å². The lowest BCUT2D eigenvalue weighted by Crippen LogP contribution is -2.35. The van der Waals surface area contributed by atoms with Crippen LogP contribution in [0.1, 0.15) is 26.5 Å². The van der Waals surface area contributed by atoms with Crippen LogP contribution >= 0.6 is 0 Å². The topological polar surface area (TPSA) is 68.5 Å². The van der Waals surface area contributed by atoms with Crippen molar-refractivity contribution in [1.82, 2.24) is 9.88 Å². The molecule has 0 unspecified atom stereocenters. The SMILES string of the molecule is CC(C)(C)OC(=O)N1CC=C(c2nc(N)cc3ccccc23)C1. The van der Waals surface area contributed by atoms with E-state index in [0.717, 1.165) is 22.0 Å². The number of carbonyl (C=O) groups is 1. The number of carbonyl (C=O) groups excluding carboxylic acids is 1. The van der Waals surface area contributed by atoms with Gasteiger partial charge in [0.1, 0.15) is 11.4 Å². The van der Waals surface area contributed by atoms with Gasteiger partial charge in [-0.2, -0.15) is 0 Å². The summed E-state index contributed by atoms with van der Waals surface area (Å²) >= 11 is 0. The molecule has 1 aliphatic rings. The van der Waals surface area contributed by atoms with Crippen molar-refractivity contribution in [2.45, 2.75) is 26.4 Å². The minimum Gasteiger partial charge on any atom is -0.444 e. The molecule has 3 rings (SSSR count). The van der Waals surface area contributed by atoms with Crippen LogP contribution in [-0.4, -0.2) is 34.7 Å². The number of nitrogen functional groups attached to an aromatic ring is 1. The largest absolute Gasteiger partial charge is 0.444 e. The fourth-order valence-corrected chi connectivity index (χ4v) is 2.66. The number of amides is 1. The van der Waals surface area contributed by atoms with Crippen LogP contribution in [0.25, 0.3) is 16.3 Å². The normalized spacial score (nSPS) is 14.9. The quantitative estimate of drug-likeness (QED) is 0.876. The van der Waals surface area contributed by atoms with Crippen molar-refractivity contribution in [1.29, 1.82) is 0 Å². The van der Waals surface area contributed by atoms with Gasteiger partial charge in [-0.05, 0) is 37.8 Å². The lowest BCUT2D eigenvalue weighted by Gasteiger charge is -2.24. The molecule has 5 heteroatoms. The average molecular weight is 311 g/mol. The molecule has 1 aromatic heterocycles. The summed E-state index contributed by atoms with van der Waals surface area (Å²) < 4.78 is 5.43. The summed E-state index contributed by atoms with van der Waals surface area (Å²) in [6.07, 6.45) is 1.70. The molecule has 0 bridgehead atoms. The first-order valence-electron chi connectivity index (χ1n) is 7.66. The Morgan fingerprint density at radius 3 is 2.78 bits per heavy atom. The molecule has 120 valence electrons. The fraction of sp³-hybridized carbons (Fsp3) is 0.333. The summed E-state index contributed by atoms with van der Waals surface area (Å²) in [5, 5.41) is 2.09. The van der Waals surface area contributed by atoms with Crippen LogP contribution in [0.15, 0.2) is 36.4 Å². The second kappa shape index (κ2) is 5.57. The predicted octanol–water partition coefficient (Wildman–Crippen LogP) is 3.45. The van der Waals surface area contributed by atoms with E-state index < -0.39 is 5.60 Å². The van der Waals surface area contributed by atoms with E-state index in [1.165, 1.54) is 0 Å². The third-order valence-corrected chi connectivity index (χ3v) is 3.64. The van der Waals surface area contributed by atoms with E-state index in [9.17, 15) is 4.79 Å². The monoisotopic (exact) mass is 311 g/mol. The Labute approximate surface area is 135 Å². The maximum absolute atomic E-state index is 12.2. The molecule has 1 aliphatic heterocycles. The summed E-state index contributed by atoms with van der Waals surface area (Å²) in [5.74, 6) is 0.482. The lowest BCUT2D eigenvalue weighted by molar-refractivity contribution is 0.0306. The van der Waals surface area contributed by atoms with Gasteiger partial charge in [0.15, 0.2) is 0 Å². The zero-order valence-electron chi connectivity index (χ0n) is 13.7. The Morgan fingerprint density at radius 2 is 2.04 bits per heavy atom. The molecule has 0 atom stereocenters. The molecule has 1 amide bonds. The zero-order valence-corrected chi connectivity index (χ0v) is 13.7. The minimum atomic E-state index is -0.498. The highest BCUT2D eigenvalue weighted by molar-refractivity contribution is 5.95. The van der Waals surface area contributed by atoms with E-state index >= 15 is 0 Å². The molecule has 1 aromatic carbocycles. The highest BCUT2D eigenvalue weighted by Crippen LogP contribution is 2.28. The number of nitrogens with two attached hydrogens (primary N) is 1. The molecule has 0 saturated heterocycles. The Kier molecular flexibility index (Phi) is 3.72. The lowest BCUT2D eigenvalue weighted by atomic mass is 10.0. The van der Waals surface area contributed by atoms with E-state index in [4.69, 9.17) is 10.5 Å². The van der Waals surface area contributed by atoms with Crippen LogP contribution < -0.4 is 5.73 Å². The van der Waals surface area contributed by atoms with Crippen LogP contribution in [0.2, 0.25) is 0 Å². The van der Waals surface area contributed by atoms with Crippen LogP contribution in [0.5, 0.6) is 0 Å². The van der Waals surface area contributed by atoms with Crippen LogP contribution in [0.4, 0.5) is 10.6 Å². The van der Waals surface area contributed by atoms with E-state index in [1.807, 2.05) is 57.2 Å². The maximum atomic E-state index is 12.2. The summed E-state index contributed by atoms with van der Waals surface area (Å²) in [7, 11) is 0. The number of anilines is 1. The number of benzene rings is 1. The maximum Gasteiger partial charge on any atom is 0.410 e. The molecule has 23 heavy (non-hydrogen) atoms. The second-order valence-electron chi connectivity index (χ2n) is 6.71. The summed E-state index contributed by atoms with van der Waals surface area (Å²) in [4.78, 5) is 18.3. The molecule has 2 N–H and O–H groups in total. The summed E-state index contributed by atoms with van der Waals surface area (Å²) in [5.41, 5.74) is 7.27. The van der Waals surface area contributed by atoms with E-state index in [0.29, 0.717) is 18.9 Å². The molecule has 2 heterocycles. The van der Waals surface area contributed by atoms with Gasteiger partial charge in [0, 0.05) is 11.9 Å². The van der Waals surface area contributed by atoms with Crippen LogP contribution in [0.3, 0.4) is 0 Å². The molecule has 0 spiro atoms. The van der Waals surface area contributed by atoms with Gasteiger partial charge in [0.25, 0.3) is 0 Å². The van der Waals surface area contributed by atoms with Gasteiger partial charge in [0.05, 0.1) is 12.2 Å². The van der Waals surface area contributed by atoms with Gasteiger partial charge in [-0.15, -0.1) is 0 Å². The second-order valence-corrected chi connectivity index (χ2v) is 6.71. The number of nitrogens with zero attached hydrogens (tertiary/aromatic N) is 2. The number of aromatic nitrogens is 1. The van der Waals surface area contributed by atoms with Crippen molar-refractivity contribution in [3.8, 4) is 0 Å². The molecule has 5 nitrogen and oxygen atoms in total. The minimum absolute atomic E-state index is 0.308. The van der Waals surface area contributed by atoms with Gasteiger partial charge in [0.2, 0.25) is 0 Å². The summed E-state index contributed by atoms with van der Waals surface area (Å²) in [6, 6.07) is 9.85. The number of ether oxygens (including phenoxy) is 1. The van der Waals surface area contributed by atoms with Gasteiger partial charge < -0.3 is 15.4 Å². The third-order valence-electron chi connectivity index (χ3n) is 3.64. The number of pyridine rings is 1. The number of hydrogen-bond acceptors (Lipinski definition) is 4. The van der Waals surface area contributed by atoms with Crippen molar-refractivity contribution >= 4 is 28.3 Å². The Balaban J connectivity index is 1.86. The Hall–Kier alpha value is -2.56. The van der Waals surface area contributed by atoms with Crippen molar-refractivity contribution < 1.29 is 9.53 Å². The highest BCUT2D eigenvalue weighted by Gasteiger charge is 2.26. The first kappa shape index (κ1) is 15.3. The smallest absolute Gasteiger partial charge is 0.410 e. The van der Waals surface area contributed by atoms with Gasteiger partial charge in [-0.25, -0.2) is 9.78 Å². The Bertz CT molecular complexity index is 790. The average Bonchev–Trinajstić information content (AvgIpc) is 2.94. The first-order valence-corrected chi connectivity index (χ1v) is 7.66. The zero-order chi connectivity index (χ0) is 16.6. The van der Waals surface area contributed by atoms with Gasteiger partial charge >= 0.3 is 6.09 Å². The van der Waals surface area contributed by atoms with Gasteiger partial charge in [-0.1, -0.05) is 30.3 Å². The third kappa shape index (κ3) is 3.28. The van der Waals surface area contributed by atoms with Crippen molar-refractivity contribution in [2.75, 3.05) is 18.8 Å². The van der Waals surface area contributed by atoms with Crippen LogP contribution in [0, 0.1) is 0 Å². The molecular weight excluding hydrogens is 290 g/mol. The van der Waals surface area contributed by atoms with Crippen molar-refractivity contribution in [2.24, 2.45) is 0 Å². The molecule has 0 radical (unpaired) electrons.